The SMILES string of the molecule is COC(=O)c1sc(-c2ccc(NC(=O)c3cccnn3)cc2)cc1N(C(=O)[C@H]1CC[C@H](C)CC1)C1CCC1. The van der Waals surface area contributed by atoms with Crippen molar-refractivity contribution in [3.8, 4) is 10.4 Å². The third-order valence-electron chi connectivity index (χ3n) is 7.62. The minimum atomic E-state index is -0.432. The smallest absolute Gasteiger partial charge is 0.350 e. The van der Waals surface area contributed by atoms with Gasteiger partial charge in [-0.25, -0.2) is 4.79 Å². The lowest BCUT2D eigenvalue weighted by Crippen LogP contribution is -2.48. The molecule has 8 nitrogen and oxygen atoms in total. The number of rotatable bonds is 7. The number of nitrogens with one attached hydrogen (secondary N) is 1. The molecule has 0 saturated heterocycles. The van der Waals surface area contributed by atoms with Gasteiger partial charge in [0.05, 0.1) is 12.8 Å². The van der Waals surface area contributed by atoms with Gasteiger partial charge in [0.15, 0.2) is 5.69 Å². The highest BCUT2D eigenvalue weighted by Crippen LogP contribution is 2.43. The molecule has 2 saturated carbocycles. The molecule has 2 aliphatic rings. The zero-order valence-electron chi connectivity index (χ0n) is 21.7. The summed E-state index contributed by atoms with van der Waals surface area (Å²) in [4.78, 5) is 42.3. The molecule has 2 amide bonds. The fraction of sp³-hybridized carbons (Fsp3) is 0.414. The van der Waals surface area contributed by atoms with E-state index in [0.29, 0.717) is 22.2 Å². The van der Waals surface area contributed by atoms with Crippen LogP contribution in [0.1, 0.15) is 72.0 Å². The number of nitrogens with zero attached hydrogens (tertiary/aromatic N) is 3. The van der Waals surface area contributed by atoms with Crippen LogP contribution < -0.4 is 10.2 Å². The molecule has 0 aliphatic heterocycles. The van der Waals surface area contributed by atoms with Crippen molar-refractivity contribution >= 4 is 40.5 Å². The first-order valence-electron chi connectivity index (χ1n) is 13.2. The molecule has 0 bridgehead atoms. The van der Waals surface area contributed by atoms with Crippen LogP contribution in [0.25, 0.3) is 10.4 Å². The van der Waals surface area contributed by atoms with E-state index < -0.39 is 5.97 Å². The van der Waals surface area contributed by atoms with Gasteiger partial charge >= 0.3 is 5.97 Å². The molecule has 2 heterocycles. The summed E-state index contributed by atoms with van der Waals surface area (Å²) in [6.07, 6.45) is 8.41. The van der Waals surface area contributed by atoms with Gasteiger partial charge in [-0.3, -0.25) is 9.59 Å². The van der Waals surface area contributed by atoms with Gasteiger partial charge in [-0.2, -0.15) is 5.10 Å². The molecule has 1 aromatic carbocycles. The number of hydrogen-bond acceptors (Lipinski definition) is 7. The maximum Gasteiger partial charge on any atom is 0.350 e. The second kappa shape index (κ2) is 11.4. The Bertz CT molecular complexity index is 1300. The minimum absolute atomic E-state index is 0.00199. The molecule has 2 aliphatic carbocycles. The van der Waals surface area contributed by atoms with Crippen molar-refractivity contribution in [1.82, 2.24) is 10.2 Å². The molecule has 5 rings (SSSR count). The molecule has 0 atom stereocenters. The summed E-state index contributed by atoms with van der Waals surface area (Å²) in [6.45, 7) is 2.25. The summed E-state index contributed by atoms with van der Waals surface area (Å²) < 4.78 is 5.13. The second-order valence-corrected chi connectivity index (χ2v) is 11.3. The Morgan fingerprint density at radius 1 is 1.03 bits per heavy atom. The molecule has 0 spiro atoms. The zero-order valence-corrected chi connectivity index (χ0v) is 22.5. The quantitative estimate of drug-likeness (QED) is 0.377. The van der Waals surface area contributed by atoms with Crippen molar-refractivity contribution in [3.63, 3.8) is 0 Å². The van der Waals surface area contributed by atoms with Gasteiger partial charge in [0.2, 0.25) is 5.91 Å². The maximum absolute atomic E-state index is 13.8. The fourth-order valence-electron chi connectivity index (χ4n) is 5.12. The lowest BCUT2D eigenvalue weighted by atomic mass is 9.81. The third kappa shape index (κ3) is 5.48. The Morgan fingerprint density at radius 3 is 2.37 bits per heavy atom. The Hall–Kier alpha value is -3.59. The second-order valence-electron chi connectivity index (χ2n) is 10.2. The Balaban J connectivity index is 1.42. The Morgan fingerprint density at radius 2 is 1.76 bits per heavy atom. The molecule has 1 N–H and O–H groups in total. The third-order valence-corrected chi connectivity index (χ3v) is 8.77. The largest absolute Gasteiger partial charge is 0.465 e. The molecule has 9 heteroatoms. The predicted octanol–water partition coefficient (Wildman–Crippen LogP) is 5.96. The number of methoxy groups -OCH3 is 1. The van der Waals surface area contributed by atoms with E-state index in [1.54, 1.807) is 24.3 Å². The standard InChI is InChI=1S/C29H32N4O4S/c1-18-8-10-20(11-9-18)28(35)33(22-5-3-6-22)24-17-25(38-26(24)29(36)37-2)19-12-14-21(15-13-19)31-27(34)23-7-4-16-30-32-23/h4,7,12-18,20,22H,3,5-6,8-11H2,1-2H3,(H,31,34)/t18-,20-. The molecule has 2 aromatic heterocycles. The van der Waals surface area contributed by atoms with Gasteiger partial charge < -0.3 is 15.0 Å². The number of aromatic nitrogens is 2. The lowest BCUT2D eigenvalue weighted by Gasteiger charge is -2.40. The topological polar surface area (TPSA) is 101 Å². The normalized spacial score (nSPS) is 19.3. The van der Waals surface area contributed by atoms with E-state index in [0.717, 1.165) is 55.4 Å². The summed E-state index contributed by atoms with van der Waals surface area (Å²) in [5.41, 5.74) is 2.39. The number of hydrogen-bond donors (Lipinski definition) is 1. The van der Waals surface area contributed by atoms with Crippen molar-refractivity contribution in [2.45, 2.75) is 57.9 Å². The minimum Gasteiger partial charge on any atom is -0.465 e. The highest BCUT2D eigenvalue weighted by molar-refractivity contribution is 7.18. The number of benzene rings is 1. The molecule has 3 aromatic rings. The van der Waals surface area contributed by atoms with Crippen molar-refractivity contribution in [2.24, 2.45) is 11.8 Å². The average Bonchev–Trinajstić information content (AvgIpc) is 3.36. The van der Waals surface area contributed by atoms with Gasteiger partial charge in [0, 0.05) is 28.7 Å². The monoisotopic (exact) mass is 532 g/mol. The average molecular weight is 533 g/mol. The number of amides is 2. The van der Waals surface area contributed by atoms with Crippen molar-refractivity contribution in [2.75, 3.05) is 17.3 Å². The highest BCUT2D eigenvalue weighted by Gasteiger charge is 2.38. The van der Waals surface area contributed by atoms with E-state index in [-0.39, 0.29) is 29.5 Å². The van der Waals surface area contributed by atoms with Crippen LogP contribution in [0, 0.1) is 11.8 Å². The van der Waals surface area contributed by atoms with Gasteiger partial charge in [0.1, 0.15) is 4.88 Å². The first kappa shape index (κ1) is 26.0. The molecule has 0 radical (unpaired) electrons. The van der Waals surface area contributed by atoms with Crippen LogP contribution >= 0.6 is 11.3 Å². The van der Waals surface area contributed by atoms with E-state index in [1.807, 2.05) is 23.1 Å². The first-order chi connectivity index (χ1) is 18.4. The molecular formula is C29H32N4O4S. The fourth-order valence-corrected chi connectivity index (χ4v) is 6.19. The van der Waals surface area contributed by atoms with E-state index in [4.69, 9.17) is 4.74 Å². The zero-order chi connectivity index (χ0) is 26.6. The lowest BCUT2D eigenvalue weighted by molar-refractivity contribution is -0.124. The number of thiophene rings is 1. The summed E-state index contributed by atoms with van der Waals surface area (Å²) in [5, 5.41) is 10.4. The Kier molecular flexibility index (Phi) is 7.83. The summed E-state index contributed by atoms with van der Waals surface area (Å²) >= 11 is 1.33. The van der Waals surface area contributed by atoms with Crippen LogP contribution in [0.5, 0.6) is 0 Å². The van der Waals surface area contributed by atoms with Crippen molar-refractivity contribution in [3.05, 3.63) is 59.2 Å². The molecule has 2 fully saturated rings. The van der Waals surface area contributed by atoms with Crippen LogP contribution in [-0.4, -0.2) is 41.1 Å². The molecular weight excluding hydrogens is 500 g/mol. The van der Waals surface area contributed by atoms with Crippen LogP contribution in [0.2, 0.25) is 0 Å². The van der Waals surface area contributed by atoms with Crippen LogP contribution in [-0.2, 0) is 9.53 Å². The van der Waals surface area contributed by atoms with Crippen LogP contribution in [0.4, 0.5) is 11.4 Å². The van der Waals surface area contributed by atoms with Gasteiger partial charge in [0.25, 0.3) is 5.91 Å². The highest BCUT2D eigenvalue weighted by atomic mass is 32.1. The number of carbonyl (C=O) groups is 3. The van der Waals surface area contributed by atoms with Gasteiger partial charge in [-0.1, -0.05) is 19.1 Å². The van der Waals surface area contributed by atoms with E-state index in [2.05, 4.69) is 22.4 Å². The van der Waals surface area contributed by atoms with Crippen molar-refractivity contribution in [1.29, 1.82) is 0 Å². The van der Waals surface area contributed by atoms with E-state index in [9.17, 15) is 14.4 Å². The van der Waals surface area contributed by atoms with Gasteiger partial charge in [-0.15, -0.1) is 16.4 Å². The number of ether oxygens (including phenoxy) is 1. The van der Waals surface area contributed by atoms with Gasteiger partial charge in [-0.05, 0) is 86.8 Å². The number of esters is 1. The predicted molar refractivity (Wildman–Crippen MR) is 147 cm³/mol. The van der Waals surface area contributed by atoms with E-state index in [1.165, 1.54) is 24.6 Å². The molecule has 198 valence electrons. The first-order valence-corrected chi connectivity index (χ1v) is 14.0. The molecule has 0 unspecified atom stereocenters. The summed E-state index contributed by atoms with van der Waals surface area (Å²) in [6, 6.07) is 12.7. The van der Waals surface area contributed by atoms with Crippen molar-refractivity contribution < 1.29 is 19.1 Å². The van der Waals surface area contributed by atoms with Crippen LogP contribution in [0.15, 0.2) is 48.7 Å². The maximum atomic E-state index is 13.8. The van der Waals surface area contributed by atoms with E-state index >= 15 is 0 Å². The molecule has 38 heavy (non-hydrogen) atoms. The number of anilines is 2. The summed E-state index contributed by atoms with van der Waals surface area (Å²) in [7, 11) is 1.37. The number of carbonyl (C=O) groups excluding carboxylic acids is 3. The summed E-state index contributed by atoms with van der Waals surface area (Å²) in [5.74, 6) is 0.0153. The Labute approximate surface area is 226 Å². The van der Waals surface area contributed by atoms with Crippen LogP contribution in [0.3, 0.4) is 0 Å².